The minimum atomic E-state index is -0.457. The van der Waals surface area contributed by atoms with Gasteiger partial charge in [-0.05, 0) is 52.4 Å². The Morgan fingerprint density at radius 3 is 2.65 bits per heavy atom. The summed E-state index contributed by atoms with van der Waals surface area (Å²) in [4.78, 5) is 14.2. The quantitative estimate of drug-likeness (QED) is 0.715. The van der Waals surface area contributed by atoms with Crippen molar-refractivity contribution < 1.29 is 9.90 Å². The maximum atomic E-state index is 12.3. The van der Waals surface area contributed by atoms with E-state index in [1.54, 1.807) is 6.07 Å². The molecule has 0 radical (unpaired) electrons. The first-order valence-electron chi connectivity index (χ1n) is 6.70. The smallest absolute Gasteiger partial charge is 0.241 e. The molecule has 0 saturated heterocycles. The van der Waals surface area contributed by atoms with Crippen molar-refractivity contribution >= 4 is 17.3 Å². The molecular formula is C15H25N3O2. The van der Waals surface area contributed by atoms with Crippen molar-refractivity contribution in [2.45, 2.75) is 39.3 Å². The summed E-state index contributed by atoms with van der Waals surface area (Å²) in [7, 11) is 1.83. The van der Waals surface area contributed by atoms with Crippen LogP contribution in [0.3, 0.4) is 0 Å². The molecule has 0 saturated carbocycles. The Bertz CT molecular complexity index is 486. The van der Waals surface area contributed by atoms with Crippen LogP contribution in [0.4, 0.5) is 11.4 Å². The van der Waals surface area contributed by atoms with Gasteiger partial charge in [-0.25, -0.2) is 0 Å². The van der Waals surface area contributed by atoms with Gasteiger partial charge < -0.3 is 16.2 Å². The third-order valence-electron chi connectivity index (χ3n) is 3.94. The number of nitrogens with zero attached hydrogens (tertiary/aromatic N) is 1. The highest BCUT2D eigenvalue weighted by Crippen LogP contribution is 2.22. The number of carbonyl (C=O) groups excluding carboxylic acids is 1. The lowest BCUT2D eigenvalue weighted by Crippen LogP contribution is -2.52. The van der Waals surface area contributed by atoms with Crippen LogP contribution in [0.2, 0.25) is 0 Å². The van der Waals surface area contributed by atoms with Crippen LogP contribution in [0.1, 0.15) is 26.3 Å². The van der Waals surface area contributed by atoms with Gasteiger partial charge >= 0.3 is 0 Å². The van der Waals surface area contributed by atoms with E-state index in [0.29, 0.717) is 5.69 Å². The molecule has 0 heterocycles. The molecule has 0 aliphatic rings. The van der Waals surface area contributed by atoms with E-state index in [0.717, 1.165) is 11.3 Å². The van der Waals surface area contributed by atoms with Crippen molar-refractivity contribution in [3.63, 3.8) is 0 Å². The minimum Gasteiger partial charge on any atom is -0.398 e. The van der Waals surface area contributed by atoms with Gasteiger partial charge in [-0.15, -0.1) is 0 Å². The number of nitrogen functional groups attached to an aromatic ring is 1. The highest BCUT2D eigenvalue weighted by atomic mass is 16.3. The van der Waals surface area contributed by atoms with Gasteiger partial charge in [-0.1, -0.05) is 6.07 Å². The Hall–Kier alpha value is -1.59. The van der Waals surface area contributed by atoms with Crippen molar-refractivity contribution in [3.8, 4) is 0 Å². The van der Waals surface area contributed by atoms with E-state index in [9.17, 15) is 9.90 Å². The maximum absolute atomic E-state index is 12.3. The number of nitrogens with two attached hydrogens (primary N) is 1. The first kappa shape index (κ1) is 16.5. The number of rotatable bonds is 5. The standard InChI is InChI=1S/C15H25N3O2/c1-10-12(16)7-6-8-13(10)17-14(20)11(2)18(5)15(3,4)9-19/h6-8,11,19H,9,16H2,1-5H3,(H,17,20). The van der Waals surface area contributed by atoms with Gasteiger partial charge in [-0.2, -0.15) is 0 Å². The van der Waals surface area contributed by atoms with E-state index in [2.05, 4.69) is 5.32 Å². The summed E-state index contributed by atoms with van der Waals surface area (Å²) < 4.78 is 0. The molecule has 1 unspecified atom stereocenters. The van der Waals surface area contributed by atoms with Crippen LogP contribution >= 0.6 is 0 Å². The normalized spacial score (nSPS) is 13.3. The molecule has 1 rings (SSSR count). The molecule has 0 bridgehead atoms. The average molecular weight is 279 g/mol. The van der Waals surface area contributed by atoms with Crippen LogP contribution in [-0.2, 0) is 4.79 Å². The number of aliphatic hydroxyl groups is 1. The summed E-state index contributed by atoms with van der Waals surface area (Å²) in [6.45, 7) is 7.45. The molecule has 0 aromatic heterocycles. The number of hydrogen-bond donors (Lipinski definition) is 3. The van der Waals surface area contributed by atoms with Crippen LogP contribution in [0.5, 0.6) is 0 Å². The monoisotopic (exact) mass is 279 g/mol. The number of benzene rings is 1. The molecule has 0 spiro atoms. The molecule has 0 aliphatic heterocycles. The predicted octanol–water partition coefficient (Wildman–Crippen LogP) is 1.61. The molecule has 5 nitrogen and oxygen atoms in total. The van der Waals surface area contributed by atoms with E-state index in [1.165, 1.54) is 0 Å². The summed E-state index contributed by atoms with van der Waals surface area (Å²) in [6.07, 6.45) is 0. The molecule has 0 fully saturated rings. The van der Waals surface area contributed by atoms with E-state index in [1.807, 2.05) is 51.8 Å². The lowest BCUT2D eigenvalue weighted by Gasteiger charge is -2.37. The fourth-order valence-corrected chi connectivity index (χ4v) is 1.84. The molecule has 112 valence electrons. The summed E-state index contributed by atoms with van der Waals surface area (Å²) in [5.74, 6) is -0.122. The van der Waals surface area contributed by atoms with Crippen LogP contribution in [-0.4, -0.2) is 41.1 Å². The van der Waals surface area contributed by atoms with Crippen LogP contribution < -0.4 is 11.1 Å². The Morgan fingerprint density at radius 1 is 1.50 bits per heavy atom. The van der Waals surface area contributed by atoms with Gasteiger partial charge in [0.05, 0.1) is 12.6 Å². The number of aliphatic hydroxyl groups excluding tert-OH is 1. The van der Waals surface area contributed by atoms with E-state index in [4.69, 9.17) is 5.73 Å². The number of likely N-dealkylation sites (N-methyl/N-ethyl adjacent to an activating group) is 1. The minimum absolute atomic E-state index is 0.0154. The van der Waals surface area contributed by atoms with Gasteiger partial charge in [0.15, 0.2) is 0 Å². The van der Waals surface area contributed by atoms with E-state index < -0.39 is 5.54 Å². The number of anilines is 2. The first-order valence-corrected chi connectivity index (χ1v) is 6.70. The molecule has 1 aromatic carbocycles. The lowest BCUT2D eigenvalue weighted by atomic mass is 10.0. The van der Waals surface area contributed by atoms with Crippen molar-refractivity contribution in [1.29, 1.82) is 0 Å². The third kappa shape index (κ3) is 3.49. The molecular weight excluding hydrogens is 254 g/mol. The number of hydrogen-bond acceptors (Lipinski definition) is 4. The van der Waals surface area contributed by atoms with Crippen molar-refractivity contribution in [2.24, 2.45) is 0 Å². The zero-order valence-electron chi connectivity index (χ0n) is 12.9. The van der Waals surface area contributed by atoms with Gasteiger partial charge in [0, 0.05) is 16.9 Å². The summed E-state index contributed by atoms with van der Waals surface area (Å²) in [6, 6.07) is 5.07. The van der Waals surface area contributed by atoms with Crippen LogP contribution in [0.15, 0.2) is 18.2 Å². The topological polar surface area (TPSA) is 78.6 Å². The number of amides is 1. The largest absolute Gasteiger partial charge is 0.398 e. The Labute approximate surface area is 120 Å². The van der Waals surface area contributed by atoms with Crippen LogP contribution in [0.25, 0.3) is 0 Å². The summed E-state index contributed by atoms with van der Waals surface area (Å²) in [5, 5.41) is 12.3. The SMILES string of the molecule is Cc1c(N)cccc1NC(=O)C(C)N(C)C(C)(C)CO. The fourth-order valence-electron chi connectivity index (χ4n) is 1.84. The molecule has 1 atom stereocenters. The van der Waals surface area contributed by atoms with Gasteiger partial charge in [0.1, 0.15) is 0 Å². The van der Waals surface area contributed by atoms with Crippen molar-refractivity contribution in [1.82, 2.24) is 4.90 Å². The van der Waals surface area contributed by atoms with E-state index >= 15 is 0 Å². The van der Waals surface area contributed by atoms with Gasteiger partial charge in [0.25, 0.3) is 0 Å². The highest BCUT2D eigenvalue weighted by molar-refractivity contribution is 5.95. The molecule has 20 heavy (non-hydrogen) atoms. The number of carbonyl (C=O) groups is 1. The number of nitrogens with one attached hydrogen (secondary N) is 1. The molecule has 4 N–H and O–H groups in total. The molecule has 1 amide bonds. The fraction of sp³-hybridized carbons (Fsp3) is 0.533. The second-order valence-electron chi connectivity index (χ2n) is 5.77. The Morgan fingerprint density at radius 2 is 2.10 bits per heavy atom. The average Bonchev–Trinajstić information content (AvgIpc) is 2.42. The van der Waals surface area contributed by atoms with Gasteiger partial charge in [0.2, 0.25) is 5.91 Å². The zero-order valence-corrected chi connectivity index (χ0v) is 12.9. The van der Waals surface area contributed by atoms with Crippen molar-refractivity contribution in [2.75, 3.05) is 24.7 Å². The predicted molar refractivity (Wildman–Crippen MR) is 82.6 cm³/mol. The van der Waals surface area contributed by atoms with Crippen molar-refractivity contribution in [3.05, 3.63) is 23.8 Å². The Balaban J connectivity index is 2.83. The lowest BCUT2D eigenvalue weighted by molar-refractivity contribution is -0.122. The summed E-state index contributed by atoms with van der Waals surface area (Å²) >= 11 is 0. The zero-order chi connectivity index (χ0) is 15.5. The molecule has 5 heteroatoms. The van der Waals surface area contributed by atoms with E-state index in [-0.39, 0.29) is 18.6 Å². The molecule has 0 aliphatic carbocycles. The second-order valence-corrected chi connectivity index (χ2v) is 5.77. The maximum Gasteiger partial charge on any atom is 0.241 e. The summed E-state index contributed by atoms with van der Waals surface area (Å²) in [5.41, 5.74) is 7.60. The third-order valence-corrected chi connectivity index (χ3v) is 3.94. The Kier molecular flexibility index (Phi) is 5.14. The highest BCUT2D eigenvalue weighted by Gasteiger charge is 2.30. The molecule has 1 aromatic rings. The second kappa shape index (κ2) is 6.24. The van der Waals surface area contributed by atoms with Crippen LogP contribution in [0, 0.1) is 6.92 Å². The first-order chi connectivity index (χ1) is 9.20. The van der Waals surface area contributed by atoms with Gasteiger partial charge in [-0.3, -0.25) is 9.69 Å².